The summed E-state index contributed by atoms with van der Waals surface area (Å²) in [6, 6.07) is 4.74. The average Bonchev–Trinajstić information content (AvgIpc) is 2.56. The quantitative estimate of drug-likeness (QED) is 0.402. The van der Waals surface area contributed by atoms with Crippen LogP contribution in [0.25, 0.3) is 0 Å². The molecular formula is C17H21N3O4. The molecular weight excluding hydrogens is 310 g/mol. The second kappa shape index (κ2) is 10.0. The van der Waals surface area contributed by atoms with Crippen molar-refractivity contribution in [2.45, 2.75) is 19.8 Å². The molecule has 0 spiro atoms. The molecule has 4 N–H and O–H groups in total. The molecule has 7 heteroatoms. The molecule has 0 aromatic heterocycles. The number of nitrogens with one attached hydrogen (secondary N) is 2. The topological polar surface area (TPSA) is 111 Å². The molecule has 24 heavy (non-hydrogen) atoms. The molecule has 0 saturated carbocycles. The molecule has 0 bridgehead atoms. The Hall–Kier alpha value is -2.85. The van der Waals surface area contributed by atoms with Crippen LogP contribution in [0.4, 0.5) is 5.69 Å². The summed E-state index contributed by atoms with van der Waals surface area (Å²) >= 11 is 0. The second-order valence-corrected chi connectivity index (χ2v) is 4.89. The van der Waals surface area contributed by atoms with Gasteiger partial charge in [-0.25, -0.2) is 4.79 Å². The van der Waals surface area contributed by atoms with Gasteiger partial charge in [-0.1, -0.05) is 11.8 Å². The van der Waals surface area contributed by atoms with Crippen LogP contribution < -0.4 is 16.4 Å². The zero-order valence-corrected chi connectivity index (χ0v) is 13.8. The number of rotatable bonds is 6. The van der Waals surface area contributed by atoms with E-state index in [2.05, 4.69) is 22.5 Å². The smallest absolute Gasteiger partial charge is 0.339 e. The fourth-order valence-corrected chi connectivity index (χ4v) is 1.90. The first-order valence-corrected chi connectivity index (χ1v) is 7.43. The van der Waals surface area contributed by atoms with Crippen LogP contribution in [0.2, 0.25) is 0 Å². The van der Waals surface area contributed by atoms with Crippen molar-refractivity contribution < 1.29 is 19.1 Å². The largest absolute Gasteiger partial charge is 0.465 e. The van der Waals surface area contributed by atoms with Crippen LogP contribution in [0, 0.1) is 11.8 Å². The fraction of sp³-hybridized carbons (Fsp3) is 0.353. The molecule has 0 saturated heterocycles. The predicted molar refractivity (Wildman–Crippen MR) is 90.3 cm³/mol. The third-order valence-corrected chi connectivity index (χ3v) is 2.99. The molecule has 0 aliphatic rings. The first-order chi connectivity index (χ1) is 11.5. The summed E-state index contributed by atoms with van der Waals surface area (Å²) in [6.07, 6.45) is 0.800. The lowest BCUT2D eigenvalue weighted by Gasteiger charge is -2.08. The number of carbonyl (C=O) groups is 3. The Morgan fingerprint density at radius 1 is 1.29 bits per heavy atom. The van der Waals surface area contributed by atoms with Crippen LogP contribution in [0.15, 0.2) is 18.2 Å². The van der Waals surface area contributed by atoms with Gasteiger partial charge in [-0.05, 0) is 24.6 Å². The normalized spacial score (nSPS) is 9.46. The van der Waals surface area contributed by atoms with E-state index >= 15 is 0 Å². The van der Waals surface area contributed by atoms with Gasteiger partial charge in [0.1, 0.15) is 0 Å². The monoisotopic (exact) mass is 331 g/mol. The lowest BCUT2D eigenvalue weighted by atomic mass is 10.1. The second-order valence-electron chi connectivity index (χ2n) is 4.89. The first-order valence-electron chi connectivity index (χ1n) is 7.43. The highest BCUT2D eigenvalue weighted by atomic mass is 16.5. The predicted octanol–water partition coefficient (Wildman–Crippen LogP) is 0.638. The van der Waals surface area contributed by atoms with E-state index in [4.69, 9.17) is 10.5 Å². The summed E-state index contributed by atoms with van der Waals surface area (Å²) in [6.45, 7) is 2.02. The molecule has 1 aromatic rings. The van der Waals surface area contributed by atoms with E-state index in [0.717, 1.165) is 0 Å². The Labute approximate surface area is 140 Å². The van der Waals surface area contributed by atoms with Gasteiger partial charge in [0.05, 0.1) is 19.2 Å². The molecule has 1 aromatic carbocycles. The Kier molecular flexibility index (Phi) is 8.02. The Morgan fingerprint density at radius 3 is 2.67 bits per heavy atom. The number of anilines is 1. The maximum atomic E-state index is 11.9. The zero-order chi connectivity index (χ0) is 17.9. The highest BCUT2D eigenvalue weighted by Gasteiger charge is 2.12. The summed E-state index contributed by atoms with van der Waals surface area (Å²) in [5.74, 6) is 4.64. The number of ether oxygens (including phenoxy) is 1. The maximum absolute atomic E-state index is 11.9. The van der Waals surface area contributed by atoms with Gasteiger partial charge in [0, 0.05) is 31.1 Å². The average molecular weight is 331 g/mol. The highest BCUT2D eigenvalue weighted by molar-refractivity contribution is 5.95. The Morgan fingerprint density at radius 2 is 2.04 bits per heavy atom. The summed E-state index contributed by atoms with van der Waals surface area (Å²) in [5.41, 5.74) is 6.62. The third kappa shape index (κ3) is 6.50. The van der Waals surface area contributed by atoms with Crippen molar-refractivity contribution in [1.29, 1.82) is 0 Å². The number of benzene rings is 1. The van der Waals surface area contributed by atoms with E-state index in [9.17, 15) is 14.4 Å². The first kappa shape index (κ1) is 19.2. The SMILES string of the molecule is COC(=O)c1ccc(NC(=O)CCCNC(C)=O)cc1C#CCN. The minimum absolute atomic E-state index is 0.128. The van der Waals surface area contributed by atoms with Gasteiger partial charge in [0.2, 0.25) is 11.8 Å². The van der Waals surface area contributed by atoms with Crippen molar-refractivity contribution in [1.82, 2.24) is 5.32 Å². The van der Waals surface area contributed by atoms with Gasteiger partial charge in [-0.3, -0.25) is 9.59 Å². The summed E-state index contributed by atoms with van der Waals surface area (Å²) in [4.78, 5) is 34.3. The molecule has 0 radical (unpaired) electrons. The minimum atomic E-state index is -0.510. The van der Waals surface area contributed by atoms with Crippen LogP contribution in [0.1, 0.15) is 35.7 Å². The van der Waals surface area contributed by atoms with Crippen molar-refractivity contribution in [3.05, 3.63) is 29.3 Å². The van der Waals surface area contributed by atoms with E-state index < -0.39 is 5.97 Å². The van der Waals surface area contributed by atoms with Crippen molar-refractivity contribution in [2.75, 3.05) is 25.5 Å². The summed E-state index contributed by atoms with van der Waals surface area (Å²) in [7, 11) is 1.28. The van der Waals surface area contributed by atoms with Gasteiger partial charge < -0.3 is 21.1 Å². The summed E-state index contributed by atoms with van der Waals surface area (Å²) in [5, 5.41) is 5.35. The number of esters is 1. The van der Waals surface area contributed by atoms with Crippen molar-refractivity contribution in [2.24, 2.45) is 5.73 Å². The van der Waals surface area contributed by atoms with Crippen molar-refractivity contribution in [3.63, 3.8) is 0 Å². The van der Waals surface area contributed by atoms with Gasteiger partial charge in [-0.15, -0.1) is 0 Å². The highest BCUT2D eigenvalue weighted by Crippen LogP contribution is 2.16. The zero-order valence-electron chi connectivity index (χ0n) is 13.8. The van der Waals surface area contributed by atoms with Crippen LogP contribution in [-0.2, 0) is 14.3 Å². The number of hydrogen-bond acceptors (Lipinski definition) is 5. The molecule has 0 aliphatic carbocycles. The molecule has 0 fully saturated rings. The molecule has 0 atom stereocenters. The Balaban J connectivity index is 2.76. The number of nitrogens with two attached hydrogens (primary N) is 1. The Bertz CT molecular complexity index is 674. The lowest BCUT2D eigenvalue weighted by molar-refractivity contribution is -0.119. The molecule has 2 amide bonds. The van der Waals surface area contributed by atoms with Crippen molar-refractivity contribution in [3.8, 4) is 11.8 Å². The van der Waals surface area contributed by atoms with Crippen LogP contribution in [0.5, 0.6) is 0 Å². The van der Waals surface area contributed by atoms with Crippen LogP contribution >= 0.6 is 0 Å². The molecule has 0 unspecified atom stereocenters. The standard InChI is InChI=1S/C17H21N3O4/c1-12(21)19-10-4-6-16(22)20-14-7-8-15(17(23)24-2)13(11-14)5-3-9-18/h7-8,11H,4,6,9-10,18H2,1-2H3,(H,19,21)(H,20,22). The summed E-state index contributed by atoms with van der Waals surface area (Å²) < 4.78 is 4.70. The van der Waals surface area contributed by atoms with Gasteiger partial charge in [0.15, 0.2) is 0 Å². The van der Waals surface area contributed by atoms with E-state index in [0.29, 0.717) is 29.8 Å². The van der Waals surface area contributed by atoms with E-state index in [1.165, 1.54) is 14.0 Å². The van der Waals surface area contributed by atoms with Crippen LogP contribution in [0.3, 0.4) is 0 Å². The van der Waals surface area contributed by atoms with Gasteiger partial charge >= 0.3 is 5.97 Å². The fourth-order valence-electron chi connectivity index (χ4n) is 1.90. The number of amides is 2. The number of methoxy groups -OCH3 is 1. The molecule has 0 aliphatic heterocycles. The lowest BCUT2D eigenvalue weighted by Crippen LogP contribution is -2.22. The van der Waals surface area contributed by atoms with Gasteiger partial charge in [-0.2, -0.15) is 0 Å². The van der Waals surface area contributed by atoms with E-state index in [1.807, 2.05) is 0 Å². The minimum Gasteiger partial charge on any atom is -0.465 e. The van der Waals surface area contributed by atoms with Crippen LogP contribution in [-0.4, -0.2) is 38.0 Å². The molecule has 1 rings (SSSR count). The van der Waals surface area contributed by atoms with Crippen molar-refractivity contribution >= 4 is 23.5 Å². The number of hydrogen-bond donors (Lipinski definition) is 3. The molecule has 0 heterocycles. The van der Waals surface area contributed by atoms with Gasteiger partial charge in [0.25, 0.3) is 0 Å². The molecule has 7 nitrogen and oxygen atoms in total. The van der Waals surface area contributed by atoms with E-state index in [1.54, 1.807) is 18.2 Å². The third-order valence-electron chi connectivity index (χ3n) is 2.99. The maximum Gasteiger partial charge on any atom is 0.339 e. The molecule has 128 valence electrons. The van der Waals surface area contributed by atoms with E-state index in [-0.39, 0.29) is 24.8 Å². The number of carbonyl (C=O) groups excluding carboxylic acids is 3.